The van der Waals surface area contributed by atoms with Crippen molar-refractivity contribution < 1.29 is 22.3 Å². The molecule has 0 spiro atoms. The number of nitro benzene ring substituents is 1. The Labute approximate surface area is 176 Å². The van der Waals surface area contributed by atoms with Crippen molar-refractivity contribution in [1.82, 2.24) is 4.90 Å². The topological polar surface area (TPSA) is 107 Å². The summed E-state index contributed by atoms with van der Waals surface area (Å²) in [6.45, 7) is 5.62. The summed E-state index contributed by atoms with van der Waals surface area (Å²) in [7, 11) is -3.59. The molecule has 8 nitrogen and oxygen atoms in total. The van der Waals surface area contributed by atoms with Gasteiger partial charge in [0.15, 0.2) is 0 Å². The second kappa shape index (κ2) is 10.0. The second-order valence-corrected chi connectivity index (χ2v) is 8.67. The first-order valence-corrected chi connectivity index (χ1v) is 10.9. The number of carbonyl (C=O) groups excluding carboxylic acids is 1. The number of rotatable bonds is 9. The summed E-state index contributed by atoms with van der Waals surface area (Å²) in [6, 6.07) is 12.4. The van der Waals surface area contributed by atoms with Crippen LogP contribution in [0.1, 0.15) is 31.9 Å². The summed E-state index contributed by atoms with van der Waals surface area (Å²) in [5.74, 6) is -0.107. The molecule has 0 fully saturated rings. The van der Waals surface area contributed by atoms with Gasteiger partial charge in [0.2, 0.25) is 5.91 Å². The van der Waals surface area contributed by atoms with E-state index in [4.69, 9.17) is 4.18 Å². The van der Waals surface area contributed by atoms with Crippen LogP contribution in [0.2, 0.25) is 0 Å². The Balaban J connectivity index is 2.07. The zero-order chi connectivity index (χ0) is 22.3. The monoisotopic (exact) mass is 432 g/mol. The highest BCUT2D eigenvalue weighted by Gasteiger charge is 2.16. The average Bonchev–Trinajstić information content (AvgIpc) is 2.71. The number of amides is 1. The molecule has 0 heterocycles. The molecule has 0 aromatic heterocycles. The molecule has 0 N–H and O–H groups in total. The fraction of sp³-hybridized carbons (Fsp3) is 0.286. The number of non-ortho nitro benzene ring substituents is 1. The highest BCUT2D eigenvalue weighted by molar-refractivity contribution is 7.87. The van der Waals surface area contributed by atoms with Crippen molar-refractivity contribution in [3.8, 4) is 5.75 Å². The third-order valence-electron chi connectivity index (χ3n) is 4.28. The van der Waals surface area contributed by atoms with Gasteiger partial charge in [0.1, 0.15) is 5.75 Å². The molecular weight excluding hydrogens is 408 g/mol. The molecule has 160 valence electrons. The third-order valence-corrected chi connectivity index (χ3v) is 5.44. The van der Waals surface area contributed by atoms with E-state index in [-0.39, 0.29) is 29.1 Å². The summed E-state index contributed by atoms with van der Waals surface area (Å²) in [6.07, 6.45) is 3.03. The number of nitrogens with zero attached hydrogens (tertiary/aromatic N) is 2. The maximum absolute atomic E-state index is 12.7. The Bertz CT molecular complexity index is 1010. The van der Waals surface area contributed by atoms with Crippen LogP contribution in [0.3, 0.4) is 0 Å². The van der Waals surface area contributed by atoms with E-state index in [9.17, 15) is 23.3 Å². The fourth-order valence-corrected chi connectivity index (χ4v) is 3.06. The molecule has 0 saturated heterocycles. The zero-order valence-corrected chi connectivity index (χ0v) is 17.8. The predicted octanol–water partition coefficient (Wildman–Crippen LogP) is 3.77. The minimum absolute atomic E-state index is 0.0125. The molecule has 30 heavy (non-hydrogen) atoms. The third kappa shape index (κ3) is 6.70. The second-order valence-electron chi connectivity index (χ2n) is 6.82. The molecule has 0 saturated carbocycles. The number of hydrogen-bond acceptors (Lipinski definition) is 6. The van der Waals surface area contributed by atoms with Gasteiger partial charge in [0.25, 0.3) is 5.69 Å². The molecular formula is C21H24N2O6S. The number of carbonyl (C=O) groups is 1. The molecule has 2 aromatic rings. The Kier molecular flexibility index (Phi) is 7.71. The minimum atomic E-state index is -3.59. The summed E-state index contributed by atoms with van der Waals surface area (Å²) in [4.78, 5) is 24.5. The van der Waals surface area contributed by atoms with Gasteiger partial charge in [0.05, 0.1) is 10.7 Å². The zero-order valence-electron chi connectivity index (χ0n) is 17.0. The van der Waals surface area contributed by atoms with Gasteiger partial charge in [-0.25, -0.2) is 0 Å². The smallest absolute Gasteiger partial charge is 0.308 e. The first-order chi connectivity index (χ1) is 14.1. The van der Waals surface area contributed by atoms with Crippen molar-refractivity contribution in [2.24, 2.45) is 0 Å². The Morgan fingerprint density at radius 3 is 2.23 bits per heavy atom. The number of benzene rings is 2. The van der Waals surface area contributed by atoms with Crippen molar-refractivity contribution >= 4 is 27.8 Å². The first kappa shape index (κ1) is 23.1. The van der Waals surface area contributed by atoms with E-state index in [1.165, 1.54) is 25.1 Å². The van der Waals surface area contributed by atoms with Gasteiger partial charge in [-0.2, -0.15) is 8.42 Å². The maximum atomic E-state index is 12.7. The fourth-order valence-electron chi connectivity index (χ4n) is 2.54. The van der Waals surface area contributed by atoms with Crippen LogP contribution in [-0.2, 0) is 21.5 Å². The van der Waals surface area contributed by atoms with E-state index in [0.717, 1.165) is 5.56 Å². The lowest BCUT2D eigenvalue weighted by molar-refractivity contribution is -0.384. The van der Waals surface area contributed by atoms with Gasteiger partial charge >= 0.3 is 10.1 Å². The van der Waals surface area contributed by atoms with Crippen LogP contribution in [-0.4, -0.2) is 35.9 Å². The molecule has 0 radical (unpaired) electrons. The quantitative estimate of drug-likeness (QED) is 0.258. The Morgan fingerprint density at radius 1 is 1.13 bits per heavy atom. The molecule has 0 atom stereocenters. The molecule has 0 bridgehead atoms. The van der Waals surface area contributed by atoms with Crippen LogP contribution < -0.4 is 4.18 Å². The van der Waals surface area contributed by atoms with Gasteiger partial charge in [-0.1, -0.05) is 12.1 Å². The van der Waals surface area contributed by atoms with E-state index in [1.807, 2.05) is 13.8 Å². The molecule has 0 aliphatic rings. The highest BCUT2D eigenvalue weighted by Crippen LogP contribution is 2.18. The van der Waals surface area contributed by atoms with Crippen LogP contribution in [0.15, 0.2) is 54.6 Å². The summed E-state index contributed by atoms with van der Waals surface area (Å²) >= 11 is 0. The lowest BCUT2D eigenvalue weighted by Crippen LogP contribution is -2.35. The van der Waals surface area contributed by atoms with E-state index >= 15 is 0 Å². The summed E-state index contributed by atoms with van der Waals surface area (Å²) in [5.41, 5.74) is 1.49. The van der Waals surface area contributed by atoms with Gasteiger partial charge in [0, 0.05) is 30.8 Å². The molecule has 0 aliphatic carbocycles. The van der Waals surface area contributed by atoms with Crippen LogP contribution in [0.4, 0.5) is 5.69 Å². The van der Waals surface area contributed by atoms with E-state index in [0.29, 0.717) is 12.1 Å². The van der Waals surface area contributed by atoms with E-state index in [1.54, 1.807) is 47.4 Å². The highest BCUT2D eigenvalue weighted by atomic mass is 32.2. The normalized spacial score (nSPS) is 11.6. The van der Waals surface area contributed by atoms with Crippen molar-refractivity contribution in [3.63, 3.8) is 0 Å². The minimum Gasteiger partial charge on any atom is -0.382 e. The van der Waals surface area contributed by atoms with Crippen molar-refractivity contribution in [3.05, 3.63) is 75.8 Å². The molecule has 9 heteroatoms. The first-order valence-electron chi connectivity index (χ1n) is 9.35. The van der Waals surface area contributed by atoms with Gasteiger partial charge in [-0.15, -0.1) is 0 Å². The maximum Gasteiger partial charge on any atom is 0.308 e. The van der Waals surface area contributed by atoms with Crippen LogP contribution in [0.25, 0.3) is 6.08 Å². The van der Waals surface area contributed by atoms with Crippen molar-refractivity contribution in [2.75, 3.05) is 5.75 Å². The van der Waals surface area contributed by atoms with Gasteiger partial charge < -0.3 is 9.08 Å². The molecule has 0 unspecified atom stereocenters. The van der Waals surface area contributed by atoms with Gasteiger partial charge in [-0.05, 0) is 62.2 Å². The van der Waals surface area contributed by atoms with E-state index < -0.39 is 15.0 Å². The number of nitro groups is 1. The largest absolute Gasteiger partial charge is 0.382 e. The molecule has 1 amide bonds. The van der Waals surface area contributed by atoms with E-state index in [2.05, 4.69) is 0 Å². The Morgan fingerprint density at radius 2 is 1.73 bits per heavy atom. The van der Waals surface area contributed by atoms with Crippen LogP contribution >= 0.6 is 0 Å². The lowest BCUT2D eigenvalue weighted by Gasteiger charge is -2.25. The SMILES string of the molecule is CCS(=O)(=O)Oc1ccc(CN(C(=O)/C=C/c2ccc([N+](=O)[O-])cc2)C(C)C)cc1. The van der Waals surface area contributed by atoms with Crippen LogP contribution in [0, 0.1) is 10.1 Å². The van der Waals surface area contributed by atoms with Crippen molar-refractivity contribution in [2.45, 2.75) is 33.4 Å². The van der Waals surface area contributed by atoms with Crippen molar-refractivity contribution in [1.29, 1.82) is 0 Å². The molecule has 0 aliphatic heterocycles. The summed E-state index contributed by atoms with van der Waals surface area (Å²) in [5, 5.41) is 10.7. The average molecular weight is 432 g/mol. The predicted molar refractivity (Wildman–Crippen MR) is 114 cm³/mol. The van der Waals surface area contributed by atoms with Gasteiger partial charge in [-0.3, -0.25) is 14.9 Å². The number of hydrogen-bond donors (Lipinski definition) is 0. The summed E-state index contributed by atoms with van der Waals surface area (Å²) < 4.78 is 28.0. The standard InChI is InChI=1S/C21H24N2O6S/c1-4-30(27,28)29-20-12-7-18(8-13-20)15-22(16(2)3)21(24)14-9-17-5-10-19(11-6-17)23(25)26/h5-14,16H,4,15H2,1-3H3/b14-9+. The van der Waals surface area contributed by atoms with Crippen LogP contribution in [0.5, 0.6) is 5.75 Å². The molecule has 2 rings (SSSR count). The Hall–Kier alpha value is -3.20. The molecule has 2 aromatic carbocycles. The lowest BCUT2D eigenvalue weighted by atomic mass is 10.1.